The zero-order valence-electron chi connectivity index (χ0n) is 13.6. The molecule has 2 atom stereocenters. The van der Waals surface area contributed by atoms with Gasteiger partial charge in [-0.15, -0.1) is 0 Å². The molecule has 5 nitrogen and oxygen atoms in total. The minimum atomic E-state index is -1.69. The average molecular weight is 307 g/mol. The molecule has 1 aliphatic carbocycles. The van der Waals surface area contributed by atoms with Crippen LogP contribution in [0.4, 0.5) is 0 Å². The summed E-state index contributed by atoms with van der Waals surface area (Å²) in [4.78, 5) is 24.5. The van der Waals surface area contributed by atoms with Gasteiger partial charge in [-0.2, -0.15) is 0 Å². The highest BCUT2D eigenvalue weighted by molar-refractivity contribution is 5.90. The largest absolute Gasteiger partial charge is 0.382 e. The number of carbonyl (C=O) groups excluding carboxylic acids is 2. The van der Waals surface area contributed by atoms with Crippen LogP contribution in [-0.4, -0.2) is 52.1 Å². The van der Waals surface area contributed by atoms with Crippen LogP contribution in [0.15, 0.2) is 24.3 Å². The second-order valence-corrected chi connectivity index (χ2v) is 5.28. The lowest BCUT2D eigenvalue weighted by Gasteiger charge is -2.27. The summed E-state index contributed by atoms with van der Waals surface area (Å²) in [7, 11) is 1.59. The van der Waals surface area contributed by atoms with E-state index >= 15 is 0 Å². The van der Waals surface area contributed by atoms with Gasteiger partial charge in [0.05, 0.1) is 0 Å². The molecule has 0 aromatic heterocycles. The molecule has 22 heavy (non-hydrogen) atoms. The molecule has 1 aromatic rings. The Balaban J connectivity index is 0.00000116. The molecule has 2 rings (SSSR count). The number of aliphatic hydroxyl groups excluding tert-OH is 2. The summed E-state index contributed by atoms with van der Waals surface area (Å²) in [6.45, 7) is 5.15. The first kappa shape index (κ1) is 18.3. The highest BCUT2D eigenvalue weighted by atomic mass is 16.3. The number of fused-ring (bicyclic) bond motifs is 1. The maximum absolute atomic E-state index is 12.1. The van der Waals surface area contributed by atoms with Gasteiger partial charge in [-0.1, -0.05) is 38.1 Å². The van der Waals surface area contributed by atoms with E-state index in [4.69, 9.17) is 0 Å². The number of aliphatic hydroxyl groups is 2. The van der Waals surface area contributed by atoms with E-state index in [2.05, 4.69) is 0 Å². The summed E-state index contributed by atoms with van der Waals surface area (Å²) in [5.41, 5.74) is 2.39. The van der Waals surface area contributed by atoms with E-state index in [1.165, 1.54) is 16.0 Å². The summed E-state index contributed by atoms with van der Waals surface area (Å²) < 4.78 is 0. The Hall–Kier alpha value is -1.72. The first-order valence-electron chi connectivity index (χ1n) is 7.62. The van der Waals surface area contributed by atoms with Gasteiger partial charge in [0.25, 0.3) is 5.91 Å². The van der Waals surface area contributed by atoms with Gasteiger partial charge in [0, 0.05) is 13.1 Å². The molecule has 0 bridgehead atoms. The maximum Gasteiger partial charge on any atom is 0.254 e. The summed E-state index contributed by atoms with van der Waals surface area (Å²) in [6, 6.07) is 7.91. The topological polar surface area (TPSA) is 77.8 Å². The van der Waals surface area contributed by atoms with E-state index in [0.29, 0.717) is 0 Å². The molecule has 2 N–H and O–H groups in total. The van der Waals surface area contributed by atoms with E-state index in [1.807, 2.05) is 38.1 Å². The summed E-state index contributed by atoms with van der Waals surface area (Å²) in [5.74, 6) is -1.24. The third-order valence-electron chi connectivity index (χ3n) is 3.89. The van der Waals surface area contributed by atoms with E-state index in [-0.39, 0.29) is 6.04 Å². The van der Waals surface area contributed by atoms with Crippen LogP contribution in [0.3, 0.4) is 0 Å². The van der Waals surface area contributed by atoms with E-state index in [0.717, 1.165) is 19.8 Å². The molecular formula is C17H25NO4. The number of Topliss-reactive ketones (excluding diaryl/α,β-unsaturated/α-hetero) is 1. The van der Waals surface area contributed by atoms with E-state index < -0.39 is 23.9 Å². The van der Waals surface area contributed by atoms with Gasteiger partial charge in [-0.3, -0.25) is 9.59 Å². The fourth-order valence-corrected chi connectivity index (χ4v) is 2.56. The standard InChI is InChI=1S/C15H19NO4.C2H6/c1-9(17)13(18)14(19)15(20)16(2)12-7-10-5-3-4-6-11(10)8-12;1-2/h3-6,12-14,18-19H,7-8H2,1-2H3;1-2H3. The van der Waals surface area contributed by atoms with Gasteiger partial charge in [-0.25, -0.2) is 0 Å². The molecule has 5 heteroatoms. The third kappa shape index (κ3) is 3.93. The molecule has 0 heterocycles. The second kappa shape index (κ2) is 8.06. The van der Waals surface area contributed by atoms with Crippen molar-refractivity contribution in [2.24, 2.45) is 0 Å². The van der Waals surface area contributed by atoms with Gasteiger partial charge < -0.3 is 15.1 Å². The molecule has 0 aliphatic heterocycles. The second-order valence-electron chi connectivity index (χ2n) is 5.28. The lowest BCUT2D eigenvalue weighted by molar-refractivity contribution is -0.152. The molecule has 0 fully saturated rings. The van der Waals surface area contributed by atoms with Crippen LogP contribution in [0.2, 0.25) is 0 Å². The number of nitrogens with zero attached hydrogens (tertiary/aromatic N) is 1. The number of carbonyl (C=O) groups is 2. The van der Waals surface area contributed by atoms with Crippen molar-refractivity contribution in [2.75, 3.05) is 7.05 Å². The van der Waals surface area contributed by atoms with Gasteiger partial charge in [0.2, 0.25) is 0 Å². The van der Waals surface area contributed by atoms with Crippen LogP contribution in [-0.2, 0) is 22.4 Å². The molecule has 1 amide bonds. The molecule has 0 saturated carbocycles. The van der Waals surface area contributed by atoms with Gasteiger partial charge in [-0.05, 0) is 30.9 Å². The SMILES string of the molecule is CC.CC(=O)C(O)C(O)C(=O)N(C)C1Cc2ccccc2C1. The van der Waals surface area contributed by atoms with Crippen LogP contribution in [0.25, 0.3) is 0 Å². The normalized spacial score (nSPS) is 16.1. The summed E-state index contributed by atoms with van der Waals surface area (Å²) >= 11 is 0. The van der Waals surface area contributed by atoms with Gasteiger partial charge in [0.15, 0.2) is 11.9 Å². The molecule has 122 valence electrons. The van der Waals surface area contributed by atoms with Gasteiger partial charge >= 0.3 is 0 Å². The Labute approximate surface area is 131 Å². The zero-order chi connectivity index (χ0) is 16.9. The fraction of sp³-hybridized carbons (Fsp3) is 0.529. The number of rotatable bonds is 4. The third-order valence-corrected chi connectivity index (χ3v) is 3.89. The minimum absolute atomic E-state index is 0.0475. The Bertz CT molecular complexity index is 504. The van der Waals surface area contributed by atoms with Crippen molar-refractivity contribution in [3.8, 4) is 0 Å². The smallest absolute Gasteiger partial charge is 0.254 e. The number of benzene rings is 1. The summed E-state index contributed by atoms with van der Waals surface area (Å²) in [6.07, 6.45) is -1.90. The van der Waals surface area contributed by atoms with Crippen molar-refractivity contribution in [3.05, 3.63) is 35.4 Å². The van der Waals surface area contributed by atoms with Crippen LogP contribution < -0.4 is 0 Å². The number of likely N-dealkylation sites (N-methyl/N-ethyl adjacent to an activating group) is 1. The number of hydrogen-bond acceptors (Lipinski definition) is 4. The predicted molar refractivity (Wildman–Crippen MR) is 84.5 cm³/mol. The Morgan fingerprint density at radius 3 is 1.95 bits per heavy atom. The van der Waals surface area contributed by atoms with Crippen molar-refractivity contribution in [3.63, 3.8) is 0 Å². The molecular weight excluding hydrogens is 282 g/mol. The van der Waals surface area contributed by atoms with Crippen molar-refractivity contribution in [1.82, 2.24) is 4.90 Å². The molecule has 0 spiro atoms. The first-order chi connectivity index (χ1) is 10.4. The monoisotopic (exact) mass is 307 g/mol. The predicted octanol–water partition coefficient (Wildman–Crippen LogP) is 0.949. The van der Waals surface area contributed by atoms with Crippen LogP contribution in [0.1, 0.15) is 31.9 Å². The lowest BCUT2D eigenvalue weighted by Crippen LogP contribution is -2.49. The van der Waals surface area contributed by atoms with Crippen molar-refractivity contribution >= 4 is 11.7 Å². The molecule has 1 aromatic carbocycles. The van der Waals surface area contributed by atoms with Crippen LogP contribution in [0.5, 0.6) is 0 Å². The molecule has 0 radical (unpaired) electrons. The lowest BCUT2D eigenvalue weighted by atomic mass is 10.1. The molecule has 1 aliphatic rings. The van der Waals surface area contributed by atoms with Crippen molar-refractivity contribution in [1.29, 1.82) is 0 Å². The fourth-order valence-electron chi connectivity index (χ4n) is 2.56. The molecule has 0 saturated heterocycles. The van der Waals surface area contributed by atoms with Crippen LogP contribution >= 0.6 is 0 Å². The minimum Gasteiger partial charge on any atom is -0.382 e. The Kier molecular flexibility index (Phi) is 6.71. The Morgan fingerprint density at radius 2 is 1.55 bits per heavy atom. The number of hydrogen-bond donors (Lipinski definition) is 2. The highest BCUT2D eigenvalue weighted by Gasteiger charge is 2.34. The number of amides is 1. The molecule has 2 unspecified atom stereocenters. The quantitative estimate of drug-likeness (QED) is 0.868. The highest BCUT2D eigenvalue weighted by Crippen LogP contribution is 2.25. The van der Waals surface area contributed by atoms with Gasteiger partial charge in [0.1, 0.15) is 6.10 Å². The Morgan fingerprint density at radius 1 is 1.09 bits per heavy atom. The first-order valence-corrected chi connectivity index (χ1v) is 7.62. The zero-order valence-corrected chi connectivity index (χ0v) is 13.6. The van der Waals surface area contributed by atoms with E-state index in [9.17, 15) is 19.8 Å². The average Bonchev–Trinajstić information content (AvgIpc) is 2.97. The maximum atomic E-state index is 12.1. The van der Waals surface area contributed by atoms with Crippen molar-refractivity contribution < 1.29 is 19.8 Å². The summed E-state index contributed by atoms with van der Waals surface area (Å²) in [5, 5.41) is 19.2. The number of ketones is 1. The van der Waals surface area contributed by atoms with Crippen LogP contribution in [0, 0.1) is 0 Å². The van der Waals surface area contributed by atoms with Crippen molar-refractivity contribution in [2.45, 2.75) is 51.9 Å². The van der Waals surface area contributed by atoms with E-state index in [1.54, 1.807) is 7.05 Å².